The number of rotatable bonds is 8. The maximum atomic E-state index is 10.7. The van der Waals surface area contributed by atoms with Gasteiger partial charge in [0.1, 0.15) is 0 Å². The van der Waals surface area contributed by atoms with Crippen LogP contribution in [0.25, 0.3) is 0 Å². The highest BCUT2D eigenvalue weighted by Gasteiger charge is 2.59. The maximum Gasteiger partial charge on any atom is 0.0791 e. The first-order valence-electron chi connectivity index (χ1n) is 13.3. The minimum Gasteiger partial charge on any atom is -0.396 e. The molecule has 2 N–H and O–H groups in total. The molecule has 4 nitrogen and oxygen atoms in total. The zero-order valence-electron chi connectivity index (χ0n) is 21.0. The second-order valence-corrected chi connectivity index (χ2v) is 13.3. The van der Waals surface area contributed by atoms with E-state index in [2.05, 4.69) is 44.2 Å². The fraction of sp³-hybridized carbons (Fsp3) is 0.926. The Bertz CT molecular complexity index is 767. The van der Waals surface area contributed by atoms with Crippen LogP contribution in [-0.4, -0.2) is 33.0 Å². The predicted molar refractivity (Wildman–Crippen MR) is 131 cm³/mol. The van der Waals surface area contributed by atoms with Gasteiger partial charge in [0.05, 0.1) is 5.69 Å². The van der Waals surface area contributed by atoms with E-state index in [-0.39, 0.29) is 17.9 Å². The Hall–Kier alpha value is -0.520. The molecule has 1 aromatic heterocycles. The first-order valence-corrected chi connectivity index (χ1v) is 14.0. The van der Waals surface area contributed by atoms with Gasteiger partial charge in [0, 0.05) is 18.1 Å². The van der Waals surface area contributed by atoms with Crippen molar-refractivity contribution in [2.75, 3.05) is 13.2 Å². The summed E-state index contributed by atoms with van der Waals surface area (Å²) < 4.78 is 4.21. The Balaban J connectivity index is 1.53. The van der Waals surface area contributed by atoms with Crippen LogP contribution in [0.4, 0.5) is 0 Å². The van der Waals surface area contributed by atoms with Crippen LogP contribution in [0.3, 0.4) is 0 Å². The first kappa shape index (κ1) is 24.6. The van der Waals surface area contributed by atoms with Gasteiger partial charge in [-0.2, -0.15) is 0 Å². The summed E-state index contributed by atoms with van der Waals surface area (Å²) in [6.45, 7) is 12.6. The number of hydrogen-bond donors (Lipinski definition) is 2. The normalized spacial score (nSPS) is 40.3. The van der Waals surface area contributed by atoms with E-state index in [1.54, 1.807) is 11.5 Å². The maximum absolute atomic E-state index is 10.7. The van der Waals surface area contributed by atoms with Crippen LogP contribution in [0.15, 0.2) is 0 Å². The van der Waals surface area contributed by atoms with Crippen molar-refractivity contribution in [2.45, 2.75) is 92.4 Å². The van der Waals surface area contributed by atoms with Crippen molar-refractivity contribution < 1.29 is 10.2 Å². The van der Waals surface area contributed by atoms with Crippen molar-refractivity contribution in [2.24, 2.45) is 52.3 Å². The summed E-state index contributed by atoms with van der Waals surface area (Å²) in [5.74, 6) is 4.01. The fourth-order valence-corrected chi connectivity index (χ4v) is 9.41. The predicted octanol–water partition coefficient (Wildman–Crippen LogP) is 5.76. The number of aliphatic hydroxyl groups excluding tert-OH is 2. The molecule has 0 aromatic carbocycles. The van der Waals surface area contributed by atoms with E-state index in [0.717, 1.165) is 36.3 Å². The standard InChI is InChI=1S/C27H46N2O2S/c1-17(2)7-6-8-18(3)21-9-10-22-20(16-31)23(11-12-26(21,22)4)27(5)14-25-24(28-29-32-25)13-19(27)15-30/h17-23,30-31H,6-16H2,1-5H3/t18?,19-,20+,21-,22+,23+,26-,27+/m1/s1. The van der Waals surface area contributed by atoms with E-state index in [1.807, 2.05) is 0 Å². The van der Waals surface area contributed by atoms with Gasteiger partial charge in [-0.3, -0.25) is 0 Å². The largest absolute Gasteiger partial charge is 0.396 e. The number of hydrogen-bond acceptors (Lipinski definition) is 5. The molecule has 2 saturated carbocycles. The first-order chi connectivity index (χ1) is 15.2. The lowest BCUT2D eigenvalue weighted by molar-refractivity contribution is -0.0937. The van der Waals surface area contributed by atoms with Crippen LogP contribution in [-0.2, 0) is 12.8 Å². The molecular formula is C27H46N2O2S. The molecule has 0 saturated heterocycles. The van der Waals surface area contributed by atoms with Crippen molar-refractivity contribution in [3.8, 4) is 0 Å². The molecular weight excluding hydrogens is 416 g/mol. The zero-order valence-corrected chi connectivity index (χ0v) is 21.8. The Morgan fingerprint density at radius 3 is 2.44 bits per heavy atom. The molecule has 0 amide bonds. The lowest BCUT2D eigenvalue weighted by Crippen LogP contribution is -2.53. The highest BCUT2D eigenvalue weighted by Crippen LogP contribution is 2.64. The minimum absolute atomic E-state index is 0.0195. The van der Waals surface area contributed by atoms with Crippen molar-refractivity contribution in [1.82, 2.24) is 9.59 Å². The molecule has 3 aliphatic rings. The molecule has 3 aliphatic carbocycles. The van der Waals surface area contributed by atoms with Gasteiger partial charge in [-0.1, -0.05) is 58.4 Å². The third-order valence-corrected chi connectivity index (χ3v) is 11.2. The average molecular weight is 463 g/mol. The summed E-state index contributed by atoms with van der Waals surface area (Å²) in [6.07, 6.45) is 10.9. The zero-order chi connectivity index (χ0) is 23.1. The molecule has 1 unspecified atom stereocenters. The molecule has 0 spiro atoms. The highest BCUT2D eigenvalue weighted by atomic mass is 32.1. The van der Waals surface area contributed by atoms with Crippen molar-refractivity contribution in [3.05, 3.63) is 10.6 Å². The summed E-state index contributed by atoms with van der Waals surface area (Å²) in [5.41, 5.74) is 1.48. The van der Waals surface area contributed by atoms with Crippen LogP contribution < -0.4 is 0 Å². The summed E-state index contributed by atoms with van der Waals surface area (Å²) in [7, 11) is 0. The molecule has 32 heavy (non-hydrogen) atoms. The molecule has 8 atom stereocenters. The van der Waals surface area contributed by atoms with Crippen LogP contribution >= 0.6 is 11.5 Å². The van der Waals surface area contributed by atoms with Gasteiger partial charge in [-0.25, -0.2) is 0 Å². The van der Waals surface area contributed by atoms with Crippen molar-refractivity contribution in [3.63, 3.8) is 0 Å². The van der Waals surface area contributed by atoms with Crippen LogP contribution in [0, 0.1) is 52.3 Å². The summed E-state index contributed by atoms with van der Waals surface area (Å²) in [6, 6.07) is 0. The SMILES string of the molecule is CC(C)CCCC(C)[C@H]1CC[C@H]2[C@H](CO)[C@@H]([C@@]3(C)Cc4snnc4C[C@@H]3CO)CC[C@]12C. The van der Waals surface area contributed by atoms with Crippen LogP contribution in [0.5, 0.6) is 0 Å². The average Bonchev–Trinajstić information content (AvgIpc) is 3.34. The number of aromatic nitrogens is 2. The summed E-state index contributed by atoms with van der Waals surface area (Å²) in [4.78, 5) is 1.31. The Morgan fingerprint density at radius 1 is 1.00 bits per heavy atom. The third-order valence-electron chi connectivity index (χ3n) is 10.5. The lowest BCUT2D eigenvalue weighted by Gasteiger charge is -2.56. The fourth-order valence-electron chi connectivity index (χ4n) is 8.57. The molecule has 1 aromatic rings. The van der Waals surface area contributed by atoms with Gasteiger partial charge in [-0.05, 0) is 102 Å². The summed E-state index contributed by atoms with van der Waals surface area (Å²) >= 11 is 1.54. The van der Waals surface area contributed by atoms with Gasteiger partial charge in [0.15, 0.2) is 0 Å². The third kappa shape index (κ3) is 4.20. The lowest BCUT2D eigenvalue weighted by atomic mass is 9.49. The topological polar surface area (TPSA) is 66.2 Å². The van der Waals surface area contributed by atoms with E-state index in [4.69, 9.17) is 0 Å². The van der Waals surface area contributed by atoms with Gasteiger partial charge in [0.2, 0.25) is 0 Å². The second-order valence-electron chi connectivity index (χ2n) is 12.5. The minimum atomic E-state index is 0.0195. The summed E-state index contributed by atoms with van der Waals surface area (Å²) in [5, 5.41) is 25.4. The molecule has 0 radical (unpaired) electrons. The van der Waals surface area contributed by atoms with Gasteiger partial charge >= 0.3 is 0 Å². The Morgan fingerprint density at radius 2 is 1.75 bits per heavy atom. The van der Waals surface area contributed by atoms with Gasteiger partial charge in [-0.15, -0.1) is 5.10 Å². The number of aliphatic hydroxyl groups is 2. The van der Waals surface area contributed by atoms with E-state index < -0.39 is 0 Å². The molecule has 2 fully saturated rings. The van der Waals surface area contributed by atoms with E-state index in [0.29, 0.717) is 29.8 Å². The second kappa shape index (κ2) is 9.62. The van der Waals surface area contributed by atoms with Crippen LogP contribution in [0.2, 0.25) is 0 Å². The highest BCUT2D eigenvalue weighted by molar-refractivity contribution is 7.05. The number of nitrogens with zero attached hydrogens (tertiary/aromatic N) is 2. The molecule has 0 bridgehead atoms. The Kier molecular flexibility index (Phi) is 7.39. The van der Waals surface area contributed by atoms with Crippen molar-refractivity contribution >= 4 is 11.5 Å². The quantitative estimate of drug-likeness (QED) is 0.515. The number of fused-ring (bicyclic) bond motifs is 2. The Labute approximate surface area is 199 Å². The van der Waals surface area contributed by atoms with Crippen LogP contribution in [0.1, 0.15) is 90.1 Å². The molecule has 0 aliphatic heterocycles. The van der Waals surface area contributed by atoms with Gasteiger partial charge < -0.3 is 10.2 Å². The smallest absolute Gasteiger partial charge is 0.0791 e. The van der Waals surface area contributed by atoms with Gasteiger partial charge in [0.25, 0.3) is 0 Å². The molecule has 4 rings (SSSR count). The van der Waals surface area contributed by atoms with E-state index in [1.165, 1.54) is 49.8 Å². The van der Waals surface area contributed by atoms with E-state index >= 15 is 0 Å². The van der Waals surface area contributed by atoms with Crippen molar-refractivity contribution in [1.29, 1.82) is 0 Å². The molecule has 1 heterocycles. The molecule has 182 valence electrons. The monoisotopic (exact) mass is 462 g/mol. The van der Waals surface area contributed by atoms with E-state index in [9.17, 15) is 10.2 Å². The molecule has 5 heteroatoms.